The zero-order chi connectivity index (χ0) is 22.9. The molecule has 1 aromatic carbocycles. The first kappa shape index (κ1) is 22.9. The minimum absolute atomic E-state index is 0.0935. The Hall–Kier alpha value is -2.28. The number of carboxylic acids is 1. The summed E-state index contributed by atoms with van der Waals surface area (Å²) >= 11 is 0. The second-order valence-electron chi connectivity index (χ2n) is 10.3. The number of carboxylic acid groups (broad SMARTS) is 1. The van der Waals surface area contributed by atoms with Crippen LogP contribution in [0.1, 0.15) is 77.4 Å². The predicted molar refractivity (Wildman–Crippen MR) is 122 cm³/mol. The zero-order valence-electron chi connectivity index (χ0n) is 19.5. The van der Waals surface area contributed by atoms with Gasteiger partial charge >= 0.3 is 12.1 Å². The van der Waals surface area contributed by atoms with Gasteiger partial charge in [-0.15, -0.1) is 0 Å². The molecule has 1 aliphatic carbocycles. The quantitative estimate of drug-likeness (QED) is 0.722. The van der Waals surface area contributed by atoms with Crippen molar-refractivity contribution in [3.8, 4) is 0 Å². The number of likely N-dealkylation sites (tertiary alicyclic amines) is 1. The second-order valence-corrected chi connectivity index (χ2v) is 10.3. The molecule has 7 nitrogen and oxygen atoms in total. The molecule has 32 heavy (non-hydrogen) atoms. The van der Waals surface area contributed by atoms with Gasteiger partial charge in [-0.1, -0.05) is 37.5 Å². The van der Waals surface area contributed by atoms with E-state index in [0.29, 0.717) is 6.04 Å². The fourth-order valence-electron chi connectivity index (χ4n) is 5.35. The van der Waals surface area contributed by atoms with Gasteiger partial charge < -0.3 is 19.5 Å². The summed E-state index contributed by atoms with van der Waals surface area (Å²) in [5.41, 5.74) is 1.74. The Morgan fingerprint density at radius 3 is 2.47 bits per heavy atom. The van der Waals surface area contributed by atoms with Crippen molar-refractivity contribution >= 4 is 17.7 Å². The maximum atomic E-state index is 12.6. The molecule has 1 N–H and O–H groups in total. The normalized spacial score (nSPS) is 26.7. The molecule has 1 saturated carbocycles. The van der Waals surface area contributed by atoms with E-state index < -0.39 is 23.7 Å². The third kappa shape index (κ3) is 5.03. The molecule has 2 heterocycles. The number of carbonyl (C=O) groups excluding carboxylic acids is 1. The fourth-order valence-corrected chi connectivity index (χ4v) is 5.35. The zero-order valence-corrected chi connectivity index (χ0v) is 19.5. The molecule has 3 aliphatic rings. The number of fused-ring (bicyclic) bond motifs is 1. The van der Waals surface area contributed by atoms with E-state index in [2.05, 4.69) is 23.1 Å². The van der Waals surface area contributed by atoms with E-state index in [0.717, 1.165) is 13.0 Å². The van der Waals surface area contributed by atoms with Crippen LogP contribution in [-0.2, 0) is 14.3 Å². The van der Waals surface area contributed by atoms with Gasteiger partial charge in [0.15, 0.2) is 0 Å². The van der Waals surface area contributed by atoms with Crippen LogP contribution in [0.5, 0.6) is 0 Å². The number of nitrogens with zero attached hydrogens (tertiary/aromatic N) is 2. The van der Waals surface area contributed by atoms with Crippen molar-refractivity contribution in [1.29, 1.82) is 0 Å². The second kappa shape index (κ2) is 9.30. The Morgan fingerprint density at radius 2 is 1.78 bits per heavy atom. The molecule has 0 radical (unpaired) electrons. The number of benzene rings is 1. The lowest BCUT2D eigenvalue weighted by atomic mass is 9.90. The molecular weight excluding hydrogens is 408 g/mol. The van der Waals surface area contributed by atoms with E-state index in [1.54, 1.807) is 20.8 Å². The number of ether oxygens (including phenoxy) is 2. The van der Waals surface area contributed by atoms with Gasteiger partial charge in [0.1, 0.15) is 11.6 Å². The highest BCUT2D eigenvalue weighted by Crippen LogP contribution is 2.41. The molecular formula is C25H36N2O5. The molecule has 7 heteroatoms. The van der Waals surface area contributed by atoms with Crippen LogP contribution in [0.25, 0.3) is 0 Å². The standard InChI is InChI=1S/C25H36N2O5/c1-25(2,3)32-24(30)27-16-18(15-21(27)23(28)29)31-22-13-14-26(17-9-5-4-6-10-17)20-12-8-7-11-19(20)22/h7-8,11-12,17-18,21-22H,4-6,9-10,13-16H2,1-3H3,(H,28,29)/t18-,21+,22?/m1/s1. The van der Waals surface area contributed by atoms with Crippen LogP contribution in [0.4, 0.5) is 10.5 Å². The maximum Gasteiger partial charge on any atom is 0.411 e. The molecule has 3 atom stereocenters. The Labute approximate surface area is 190 Å². The average molecular weight is 445 g/mol. The SMILES string of the molecule is CC(C)(C)OC(=O)N1C[C@H](OC2CCN(C3CCCCC3)c3ccccc32)C[C@H]1C(=O)O. The number of hydrogen-bond donors (Lipinski definition) is 1. The summed E-state index contributed by atoms with van der Waals surface area (Å²) in [6.07, 6.45) is 6.54. The van der Waals surface area contributed by atoms with Crippen molar-refractivity contribution in [1.82, 2.24) is 4.90 Å². The summed E-state index contributed by atoms with van der Waals surface area (Å²) in [5.74, 6) is -1.02. The predicted octanol–water partition coefficient (Wildman–Crippen LogP) is 4.75. The molecule has 0 aromatic heterocycles. The van der Waals surface area contributed by atoms with Crippen molar-refractivity contribution in [2.45, 2.75) is 95.6 Å². The number of amides is 1. The monoisotopic (exact) mass is 444 g/mol. The highest BCUT2D eigenvalue weighted by Gasteiger charge is 2.43. The largest absolute Gasteiger partial charge is 0.480 e. The third-order valence-corrected chi connectivity index (χ3v) is 6.77. The number of rotatable bonds is 4. The van der Waals surface area contributed by atoms with Crippen LogP contribution in [0.3, 0.4) is 0 Å². The Balaban J connectivity index is 1.47. The first-order valence-corrected chi connectivity index (χ1v) is 12.0. The van der Waals surface area contributed by atoms with Gasteiger partial charge in [-0.05, 0) is 46.1 Å². The van der Waals surface area contributed by atoms with E-state index in [9.17, 15) is 14.7 Å². The average Bonchev–Trinajstić information content (AvgIpc) is 3.18. The third-order valence-electron chi connectivity index (χ3n) is 6.77. The van der Waals surface area contributed by atoms with Crippen LogP contribution in [-0.4, -0.2) is 58.9 Å². The highest BCUT2D eigenvalue weighted by atomic mass is 16.6. The first-order valence-electron chi connectivity index (χ1n) is 12.0. The molecule has 2 aliphatic heterocycles. The van der Waals surface area contributed by atoms with Gasteiger partial charge in [-0.3, -0.25) is 4.90 Å². The number of anilines is 1. The van der Waals surface area contributed by atoms with Crippen molar-refractivity contribution in [3.05, 3.63) is 29.8 Å². The van der Waals surface area contributed by atoms with Gasteiger partial charge in [0.2, 0.25) is 0 Å². The van der Waals surface area contributed by atoms with Gasteiger partial charge in [0, 0.05) is 30.3 Å². The van der Waals surface area contributed by atoms with Crippen LogP contribution < -0.4 is 4.90 Å². The van der Waals surface area contributed by atoms with Crippen molar-refractivity contribution in [2.24, 2.45) is 0 Å². The minimum atomic E-state index is -1.02. The van der Waals surface area contributed by atoms with Crippen molar-refractivity contribution in [3.63, 3.8) is 0 Å². The summed E-state index contributed by atoms with van der Waals surface area (Å²) in [4.78, 5) is 28.3. The first-order chi connectivity index (χ1) is 15.2. The smallest absolute Gasteiger partial charge is 0.411 e. The lowest BCUT2D eigenvalue weighted by Crippen LogP contribution is -2.43. The molecule has 1 unspecified atom stereocenters. The van der Waals surface area contributed by atoms with Crippen molar-refractivity contribution in [2.75, 3.05) is 18.0 Å². The molecule has 1 saturated heterocycles. The van der Waals surface area contributed by atoms with Crippen LogP contribution in [0.15, 0.2) is 24.3 Å². The molecule has 176 valence electrons. The number of hydrogen-bond acceptors (Lipinski definition) is 5. The lowest BCUT2D eigenvalue weighted by Gasteiger charge is -2.42. The van der Waals surface area contributed by atoms with E-state index in [1.807, 2.05) is 6.07 Å². The van der Waals surface area contributed by atoms with E-state index in [-0.39, 0.29) is 25.2 Å². The Morgan fingerprint density at radius 1 is 1.06 bits per heavy atom. The Bertz CT molecular complexity index is 830. The van der Waals surface area contributed by atoms with Crippen LogP contribution in [0, 0.1) is 0 Å². The summed E-state index contributed by atoms with van der Waals surface area (Å²) in [6, 6.07) is 8.10. The highest BCUT2D eigenvalue weighted by molar-refractivity contribution is 5.81. The van der Waals surface area contributed by atoms with Gasteiger partial charge in [-0.2, -0.15) is 0 Å². The fraction of sp³-hybridized carbons (Fsp3) is 0.680. The van der Waals surface area contributed by atoms with Crippen LogP contribution in [0.2, 0.25) is 0 Å². The van der Waals surface area contributed by atoms with Crippen molar-refractivity contribution < 1.29 is 24.2 Å². The van der Waals surface area contributed by atoms with Crippen LogP contribution >= 0.6 is 0 Å². The van der Waals surface area contributed by atoms with Gasteiger partial charge in [0.25, 0.3) is 0 Å². The molecule has 1 aromatic rings. The van der Waals surface area contributed by atoms with Gasteiger partial charge in [0.05, 0.1) is 18.8 Å². The number of para-hydroxylation sites is 1. The Kier molecular flexibility index (Phi) is 6.65. The molecule has 1 amide bonds. The number of carbonyl (C=O) groups is 2. The number of aliphatic carboxylic acids is 1. The summed E-state index contributed by atoms with van der Waals surface area (Å²) < 4.78 is 11.9. The van der Waals surface area contributed by atoms with Gasteiger partial charge in [-0.25, -0.2) is 9.59 Å². The molecule has 4 rings (SSSR count). The van der Waals surface area contributed by atoms with E-state index >= 15 is 0 Å². The lowest BCUT2D eigenvalue weighted by molar-refractivity contribution is -0.142. The molecule has 0 bridgehead atoms. The topological polar surface area (TPSA) is 79.3 Å². The summed E-state index contributed by atoms with van der Waals surface area (Å²) in [6.45, 7) is 6.51. The molecule has 2 fully saturated rings. The minimum Gasteiger partial charge on any atom is -0.480 e. The maximum absolute atomic E-state index is 12.6. The summed E-state index contributed by atoms with van der Waals surface area (Å²) in [7, 11) is 0. The summed E-state index contributed by atoms with van der Waals surface area (Å²) in [5, 5.41) is 9.68. The van der Waals surface area contributed by atoms with E-state index in [1.165, 1.54) is 48.3 Å². The molecule has 0 spiro atoms. The van der Waals surface area contributed by atoms with E-state index in [4.69, 9.17) is 9.47 Å².